The summed E-state index contributed by atoms with van der Waals surface area (Å²) in [4.78, 5) is 12.3. The molecule has 2 aromatic rings. The summed E-state index contributed by atoms with van der Waals surface area (Å²) in [5.74, 6) is 0.671. The molecule has 0 spiro atoms. The van der Waals surface area contributed by atoms with Crippen LogP contribution in [0.3, 0.4) is 0 Å². The summed E-state index contributed by atoms with van der Waals surface area (Å²) >= 11 is 0. The molecular weight excluding hydrogens is 321 g/mol. The average Bonchev–Trinajstić information content (AvgIpc) is 2.91. The first-order valence-corrected chi connectivity index (χ1v) is 8.47. The molecule has 25 heavy (non-hydrogen) atoms. The SMILES string of the molecule is Cc1c(C(=O)NC(C)C)oc2c1/C(=N/Nc1ccc(F)cc1)CCC2. The molecule has 1 aliphatic carbocycles. The van der Waals surface area contributed by atoms with Crippen molar-refractivity contribution in [2.24, 2.45) is 5.10 Å². The van der Waals surface area contributed by atoms with Crippen molar-refractivity contribution in [2.75, 3.05) is 5.43 Å². The Bertz CT molecular complexity index is 807. The van der Waals surface area contributed by atoms with Crippen LogP contribution in [0.2, 0.25) is 0 Å². The molecule has 0 radical (unpaired) electrons. The number of benzene rings is 1. The third-order valence-electron chi connectivity index (χ3n) is 4.12. The highest BCUT2D eigenvalue weighted by Gasteiger charge is 2.28. The molecule has 0 atom stereocenters. The largest absolute Gasteiger partial charge is 0.455 e. The molecule has 0 saturated heterocycles. The van der Waals surface area contributed by atoms with Crippen molar-refractivity contribution in [1.82, 2.24) is 5.32 Å². The minimum absolute atomic E-state index is 0.0438. The first kappa shape index (κ1) is 17.2. The van der Waals surface area contributed by atoms with Crippen molar-refractivity contribution in [1.29, 1.82) is 0 Å². The molecule has 1 aromatic heterocycles. The highest BCUT2D eigenvalue weighted by molar-refractivity contribution is 6.06. The standard InChI is InChI=1S/C19H22FN3O2/c1-11(2)21-19(24)18-12(3)17-15(5-4-6-16(17)25-18)23-22-14-9-7-13(20)8-10-14/h7-11,22H,4-6H2,1-3H3,(H,21,24)/b23-15+. The number of hydrogen-bond donors (Lipinski definition) is 2. The monoisotopic (exact) mass is 343 g/mol. The van der Waals surface area contributed by atoms with E-state index in [-0.39, 0.29) is 17.8 Å². The number of hydrazone groups is 1. The van der Waals surface area contributed by atoms with Crippen LogP contribution in [0.15, 0.2) is 33.8 Å². The van der Waals surface area contributed by atoms with E-state index in [1.165, 1.54) is 12.1 Å². The Morgan fingerprint density at radius 2 is 1.96 bits per heavy atom. The zero-order valence-corrected chi connectivity index (χ0v) is 14.6. The molecule has 5 nitrogen and oxygen atoms in total. The molecule has 3 rings (SSSR count). The number of furan rings is 1. The molecule has 6 heteroatoms. The van der Waals surface area contributed by atoms with E-state index in [0.29, 0.717) is 11.4 Å². The maximum atomic E-state index is 13.0. The molecule has 2 N–H and O–H groups in total. The fourth-order valence-corrected chi connectivity index (χ4v) is 2.98. The molecule has 0 bridgehead atoms. The van der Waals surface area contributed by atoms with Gasteiger partial charge in [-0.1, -0.05) is 0 Å². The number of aryl methyl sites for hydroxylation is 1. The lowest BCUT2D eigenvalue weighted by Gasteiger charge is -2.13. The van der Waals surface area contributed by atoms with Gasteiger partial charge in [-0.05, 0) is 57.9 Å². The zero-order valence-electron chi connectivity index (χ0n) is 14.6. The topological polar surface area (TPSA) is 66.6 Å². The average molecular weight is 343 g/mol. The number of halogens is 1. The van der Waals surface area contributed by atoms with Crippen molar-refractivity contribution < 1.29 is 13.6 Å². The fourth-order valence-electron chi connectivity index (χ4n) is 2.98. The summed E-state index contributed by atoms with van der Waals surface area (Å²) < 4.78 is 18.8. The summed E-state index contributed by atoms with van der Waals surface area (Å²) in [6.45, 7) is 5.71. The predicted molar refractivity (Wildman–Crippen MR) is 95.5 cm³/mol. The van der Waals surface area contributed by atoms with E-state index >= 15 is 0 Å². The summed E-state index contributed by atoms with van der Waals surface area (Å²) in [5.41, 5.74) is 6.25. The van der Waals surface area contributed by atoms with Crippen molar-refractivity contribution >= 4 is 17.3 Å². The number of amides is 1. The van der Waals surface area contributed by atoms with Gasteiger partial charge >= 0.3 is 0 Å². The van der Waals surface area contributed by atoms with Crippen LogP contribution in [-0.4, -0.2) is 17.7 Å². The Hall–Kier alpha value is -2.63. The number of carbonyl (C=O) groups excluding carboxylic acids is 1. The van der Waals surface area contributed by atoms with Crippen LogP contribution in [0.5, 0.6) is 0 Å². The van der Waals surface area contributed by atoms with Crippen molar-refractivity contribution in [3.05, 3.63) is 52.7 Å². The van der Waals surface area contributed by atoms with Crippen LogP contribution in [-0.2, 0) is 6.42 Å². The molecule has 0 aliphatic heterocycles. The lowest BCUT2D eigenvalue weighted by molar-refractivity contribution is 0.0912. The van der Waals surface area contributed by atoms with Gasteiger partial charge < -0.3 is 9.73 Å². The smallest absolute Gasteiger partial charge is 0.287 e. The first-order valence-electron chi connectivity index (χ1n) is 8.47. The summed E-state index contributed by atoms with van der Waals surface area (Å²) in [5, 5.41) is 7.33. The van der Waals surface area contributed by atoms with E-state index in [9.17, 15) is 9.18 Å². The number of carbonyl (C=O) groups is 1. The Labute approximate surface area is 146 Å². The van der Waals surface area contributed by atoms with Crippen LogP contribution in [0.4, 0.5) is 10.1 Å². The van der Waals surface area contributed by atoms with Crippen molar-refractivity contribution in [3.63, 3.8) is 0 Å². The number of nitrogens with one attached hydrogen (secondary N) is 2. The van der Waals surface area contributed by atoms with E-state index in [2.05, 4.69) is 15.8 Å². The molecule has 0 fully saturated rings. The molecule has 0 saturated carbocycles. The lowest BCUT2D eigenvalue weighted by Crippen LogP contribution is -2.30. The Kier molecular flexibility index (Phi) is 4.88. The highest BCUT2D eigenvalue weighted by Crippen LogP contribution is 2.30. The van der Waals surface area contributed by atoms with Crippen molar-refractivity contribution in [3.8, 4) is 0 Å². The Morgan fingerprint density at radius 3 is 2.64 bits per heavy atom. The number of rotatable bonds is 4. The minimum Gasteiger partial charge on any atom is -0.455 e. The predicted octanol–water partition coefficient (Wildman–Crippen LogP) is 4.02. The van der Waals surface area contributed by atoms with Crippen LogP contribution in [0.25, 0.3) is 0 Å². The maximum absolute atomic E-state index is 13.0. The van der Waals surface area contributed by atoms with E-state index in [1.807, 2.05) is 20.8 Å². The third kappa shape index (κ3) is 3.73. The van der Waals surface area contributed by atoms with Crippen LogP contribution in [0, 0.1) is 12.7 Å². The number of fused-ring (bicyclic) bond motifs is 1. The van der Waals surface area contributed by atoms with Gasteiger partial charge in [0.2, 0.25) is 0 Å². The molecule has 132 valence electrons. The van der Waals surface area contributed by atoms with Gasteiger partial charge in [-0.25, -0.2) is 4.39 Å². The minimum atomic E-state index is -0.287. The van der Waals surface area contributed by atoms with E-state index < -0.39 is 0 Å². The summed E-state index contributed by atoms with van der Waals surface area (Å²) in [6.07, 6.45) is 2.50. The van der Waals surface area contributed by atoms with Crippen LogP contribution in [0.1, 0.15) is 54.1 Å². The second-order valence-electron chi connectivity index (χ2n) is 6.51. The zero-order chi connectivity index (χ0) is 18.0. The molecular formula is C19H22FN3O2. The van der Waals surface area contributed by atoms with E-state index in [0.717, 1.165) is 41.9 Å². The molecule has 0 unspecified atom stereocenters. The van der Waals surface area contributed by atoms with Crippen LogP contribution < -0.4 is 10.7 Å². The second kappa shape index (κ2) is 7.09. The lowest BCUT2D eigenvalue weighted by atomic mass is 9.93. The van der Waals surface area contributed by atoms with Gasteiger partial charge in [0, 0.05) is 23.6 Å². The van der Waals surface area contributed by atoms with Gasteiger partial charge in [0.05, 0.1) is 11.4 Å². The maximum Gasteiger partial charge on any atom is 0.287 e. The third-order valence-corrected chi connectivity index (χ3v) is 4.12. The van der Waals surface area contributed by atoms with Crippen molar-refractivity contribution in [2.45, 2.75) is 46.1 Å². The van der Waals surface area contributed by atoms with Gasteiger partial charge in [0.1, 0.15) is 11.6 Å². The Balaban J connectivity index is 1.88. The normalized spacial score (nSPS) is 15.3. The first-order chi connectivity index (χ1) is 12.0. The van der Waals surface area contributed by atoms with Gasteiger partial charge in [-0.3, -0.25) is 10.2 Å². The molecule has 1 aliphatic rings. The fraction of sp³-hybridized carbons (Fsp3) is 0.368. The second-order valence-corrected chi connectivity index (χ2v) is 6.51. The Morgan fingerprint density at radius 1 is 1.24 bits per heavy atom. The van der Waals surface area contributed by atoms with E-state index in [4.69, 9.17) is 4.42 Å². The van der Waals surface area contributed by atoms with Gasteiger partial charge in [-0.15, -0.1) is 0 Å². The molecule has 1 heterocycles. The number of nitrogens with zero attached hydrogens (tertiary/aromatic N) is 1. The number of hydrogen-bond acceptors (Lipinski definition) is 4. The highest BCUT2D eigenvalue weighted by atomic mass is 19.1. The molecule has 1 amide bonds. The van der Waals surface area contributed by atoms with Gasteiger partial charge in [-0.2, -0.15) is 5.10 Å². The molecule has 1 aromatic carbocycles. The summed E-state index contributed by atoms with van der Waals surface area (Å²) in [6, 6.07) is 6.07. The number of anilines is 1. The van der Waals surface area contributed by atoms with Gasteiger partial charge in [0.25, 0.3) is 5.91 Å². The van der Waals surface area contributed by atoms with Gasteiger partial charge in [0.15, 0.2) is 5.76 Å². The van der Waals surface area contributed by atoms with E-state index in [1.54, 1.807) is 12.1 Å². The van der Waals surface area contributed by atoms with Crippen LogP contribution >= 0.6 is 0 Å². The summed E-state index contributed by atoms with van der Waals surface area (Å²) in [7, 11) is 0. The quantitative estimate of drug-likeness (QED) is 0.824.